The number of nitrogens with one attached hydrogen (secondary N) is 1. The summed E-state index contributed by atoms with van der Waals surface area (Å²) < 4.78 is 0. The van der Waals surface area contributed by atoms with Crippen molar-refractivity contribution >= 4 is 28.6 Å². The molecule has 2 aromatic heterocycles. The molecular formula is C18H33N5OS. The molecule has 3 rings (SSSR count). The maximum Gasteiger partial charge on any atom is 0.151 e. The molecule has 0 spiro atoms. The first-order valence-electron chi connectivity index (χ1n) is 9.23. The van der Waals surface area contributed by atoms with Crippen LogP contribution in [0.1, 0.15) is 40.2 Å². The van der Waals surface area contributed by atoms with E-state index in [-0.39, 0.29) is 6.10 Å². The van der Waals surface area contributed by atoms with Crippen LogP contribution in [0.25, 0.3) is 11.0 Å². The molecule has 3 heterocycles. The lowest BCUT2D eigenvalue weighted by atomic mass is 10.1. The first-order valence-corrected chi connectivity index (χ1v) is 10.4. The molecule has 0 aliphatic carbocycles. The monoisotopic (exact) mass is 367 g/mol. The lowest BCUT2D eigenvalue weighted by molar-refractivity contribution is 0.149. The topological polar surface area (TPSA) is 91.1 Å². The van der Waals surface area contributed by atoms with Crippen LogP contribution in [-0.4, -0.2) is 55.7 Å². The minimum absolute atomic E-state index is 0.228. The van der Waals surface area contributed by atoms with Crippen LogP contribution in [0.5, 0.6) is 0 Å². The highest BCUT2D eigenvalue weighted by Gasteiger charge is 2.31. The van der Waals surface area contributed by atoms with Crippen molar-refractivity contribution in [2.24, 2.45) is 5.92 Å². The molecule has 4 N–H and O–H groups in total. The zero-order valence-electron chi connectivity index (χ0n) is 16.1. The zero-order chi connectivity index (χ0) is 18.8. The highest BCUT2D eigenvalue weighted by atomic mass is 32.2. The Hall–Kier alpha value is -1.31. The van der Waals surface area contributed by atoms with Gasteiger partial charge in [0.05, 0.1) is 11.6 Å². The Balaban J connectivity index is 0.000000730. The lowest BCUT2D eigenvalue weighted by Gasteiger charge is -2.14. The van der Waals surface area contributed by atoms with Crippen molar-refractivity contribution in [2.75, 3.05) is 30.3 Å². The van der Waals surface area contributed by atoms with Crippen LogP contribution in [0.3, 0.4) is 0 Å². The molecule has 7 heteroatoms. The number of thioether (sulfide) groups is 1. The summed E-state index contributed by atoms with van der Waals surface area (Å²) in [7, 11) is 0. The molecule has 0 amide bonds. The highest BCUT2D eigenvalue weighted by molar-refractivity contribution is 7.99. The van der Waals surface area contributed by atoms with Gasteiger partial charge in [-0.05, 0) is 11.5 Å². The van der Waals surface area contributed by atoms with Crippen LogP contribution in [0.15, 0.2) is 12.5 Å². The predicted molar refractivity (Wildman–Crippen MR) is 109 cm³/mol. The minimum Gasteiger partial charge on any atom is -0.391 e. The number of β-amino-alcohol motifs (C(OH)–C–C–N with tert-alkyl or cyclic N) is 1. The van der Waals surface area contributed by atoms with Gasteiger partial charge in [0, 0.05) is 37.3 Å². The quantitative estimate of drug-likeness (QED) is 0.752. The molecule has 1 saturated heterocycles. The summed E-state index contributed by atoms with van der Waals surface area (Å²) in [5, 5.41) is 10.2. The summed E-state index contributed by atoms with van der Waals surface area (Å²) in [6, 6.07) is 0. The van der Waals surface area contributed by atoms with Crippen LogP contribution >= 0.6 is 11.8 Å². The number of hydrogen-bond donors (Lipinski definition) is 3. The Bertz CT molecular complexity index is 619. The molecule has 25 heavy (non-hydrogen) atoms. The average Bonchev–Trinajstić information content (AvgIpc) is 3.21. The average molecular weight is 368 g/mol. The molecule has 1 aliphatic heterocycles. The lowest BCUT2D eigenvalue weighted by Crippen LogP contribution is -2.21. The number of aromatic amines is 1. The van der Waals surface area contributed by atoms with Crippen molar-refractivity contribution in [3.8, 4) is 0 Å². The number of nitrogen functional groups attached to an aromatic ring is 1. The van der Waals surface area contributed by atoms with Gasteiger partial charge >= 0.3 is 0 Å². The van der Waals surface area contributed by atoms with Crippen LogP contribution in [0, 0.1) is 5.92 Å². The minimum atomic E-state index is -0.228. The highest BCUT2D eigenvalue weighted by Crippen LogP contribution is 2.25. The van der Waals surface area contributed by atoms with Crippen molar-refractivity contribution in [1.29, 1.82) is 0 Å². The van der Waals surface area contributed by atoms with Gasteiger partial charge in [-0.15, -0.1) is 0 Å². The Morgan fingerprint density at radius 2 is 2.00 bits per heavy atom. The fourth-order valence-corrected chi connectivity index (χ4v) is 3.74. The number of H-pyrrole nitrogens is 1. The Morgan fingerprint density at radius 1 is 1.28 bits per heavy atom. The van der Waals surface area contributed by atoms with Gasteiger partial charge in [0.1, 0.15) is 11.8 Å². The summed E-state index contributed by atoms with van der Waals surface area (Å²) in [6.07, 6.45) is 3.21. The number of likely N-dealkylation sites (tertiary alicyclic amines) is 1. The zero-order valence-corrected chi connectivity index (χ0v) is 16.9. The Morgan fingerprint density at radius 3 is 2.68 bits per heavy atom. The number of nitrogens with zero attached hydrogens (tertiary/aromatic N) is 3. The largest absolute Gasteiger partial charge is 0.391 e. The van der Waals surface area contributed by atoms with Gasteiger partial charge in [0.2, 0.25) is 0 Å². The first-order chi connectivity index (χ1) is 12.2. The fourth-order valence-electron chi connectivity index (χ4n) is 2.88. The second-order valence-electron chi connectivity index (χ2n) is 5.48. The smallest absolute Gasteiger partial charge is 0.151 e. The van der Waals surface area contributed by atoms with Gasteiger partial charge in [0.15, 0.2) is 5.82 Å². The molecule has 1 aliphatic rings. The van der Waals surface area contributed by atoms with Gasteiger partial charge < -0.3 is 15.8 Å². The molecule has 1 fully saturated rings. The molecule has 6 nitrogen and oxygen atoms in total. The maximum absolute atomic E-state index is 10.2. The van der Waals surface area contributed by atoms with Gasteiger partial charge in [-0.25, -0.2) is 9.97 Å². The van der Waals surface area contributed by atoms with Crippen LogP contribution in [-0.2, 0) is 6.54 Å². The Kier molecular flexibility index (Phi) is 9.85. The number of hydrogen-bond acceptors (Lipinski definition) is 6. The molecular weight excluding hydrogens is 334 g/mol. The van der Waals surface area contributed by atoms with E-state index in [0.717, 1.165) is 47.7 Å². The van der Waals surface area contributed by atoms with Crippen molar-refractivity contribution in [3.63, 3.8) is 0 Å². The van der Waals surface area contributed by atoms with E-state index in [4.69, 9.17) is 5.73 Å². The number of rotatable bonds is 5. The summed E-state index contributed by atoms with van der Waals surface area (Å²) in [5.74, 6) is 2.96. The summed E-state index contributed by atoms with van der Waals surface area (Å²) >= 11 is 1.89. The van der Waals surface area contributed by atoms with Crippen LogP contribution < -0.4 is 5.73 Å². The normalized spacial score (nSPS) is 19.9. The summed E-state index contributed by atoms with van der Waals surface area (Å²) in [4.78, 5) is 13.7. The van der Waals surface area contributed by atoms with Crippen molar-refractivity contribution < 1.29 is 5.11 Å². The number of fused-ring (bicyclic) bond motifs is 1. The van der Waals surface area contributed by atoms with E-state index in [0.29, 0.717) is 11.7 Å². The molecule has 0 aromatic carbocycles. The van der Waals surface area contributed by atoms with Gasteiger partial charge in [-0.2, -0.15) is 11.8 Å². The molecule has 2 atom stereocenters. The van der Waals surface area contributed by atoms with E-state index >= 15 is 0 Å². The van der Waals surface area contributed by atoms with Gasteiger partial charge in [-0.3, -0.25) is 4.90 Å². The molecule has 2 unspecified atom stereocenters. The van der Waals surface area contributed by atoms with Gasteiger partial charge in [0.25, 0.3) is 0 Å². The number of aliphatic hydroxyl groups is 1. The van der Waals surface area contributed by atoms with E-state index in [9.17, 15) is 5.11 Å². The molecule has 2 aromatic rings. The van der Waals surface area contributed by atoms with E-state index in [2.05, 4.69) is 26.8 Å². The fraction of sp³-hybridized carbons (Fsp3) is 0.667. The second kappa shape index (κ2) is 11.3. The first kappa shape index (κ1) is 21.7. The third-order valence-electron chi connectivity index (χ3n) is 3.98. The van der Waals surface area contributed by atoms with E-state index < -0.39 is 0 Å². The predicted octanol–water partition coefficient (Wildman–Crippen LogP) is 3.14. The van der Waals surface area contributed by atoms with Crippen molar-refractivity contribution in [3.05, 3.63) is 18.1 Å². The number of anilines is 1. The standard InChI is InChI=1S/C14H21N5OS.2C2H6/c1-2-21-7-10-5-19(6-11(10)20)4-9-3-16-13-12(9)17-8-18-14(13)15;2*1-2/h3,8,10-11,16,20H,2,4-7H2,1H3,(H2,15,17,18);2*1-2H3. The third-order valence-corrected chi connectivity index (χ3v) is 5.06. The molecule has 0 saturated carbocycles. The second-order valence-corrected chi connectivity index (χ2v) is 6.80. The summed E-state index contributed by atoms with van der Waals surface area (Å²) in [6.45, 7) is 12.6. The summed E-state index contributed by atoms with van der Waals surface area (Å²) in [5.41, 5.74) is 8.62. The number of aromatic nitrogens is 3. The van der Waals surface area contributed by atoms with Crippen LogP contribution in [0.4, 0.5) is 5.82 Å². The Labute approximate surface area is 155 Å². The molecule has 142 valence electrons. The van der Waals surface area contributed by atoms with Crippen molar-refractivity contribution in [1.82, 2.24) is 19.9 Å². The third kappa shape index (κ3) is 5.59. The number of aliphatic hydroxyl groups excluding tert-OH is 1. The van der Waals surface area contributed by atoms with E-state index in [1.54, 1.807) is 0 Å². The number of nitrogens with two attached hydrogens (primary N) is 1. The van der Waals surface area contributed by atoms with Crippen LogP contribution in [0.2, 0.25) is 0 Å². The van der Waals surface area contributed by atoms with Gasteiger partial charge in [-0.1, -0.05) is 34.6 Å². The molecule has 0 radical (unpaired) electrons. The molecule has 0 bridgehead atoms. The maximum atomic E-state index is 10.2. The van der Waals surface area contributed by atoms with Crippen molar-refractivity contribution in [2.45, 2.75) is 47.3 Å². The van der Waals surface area contributed by atoms with E-state index in [1.165, 1.54) is 6.33 Å². The SMILES string of the molecule is CC.CC.CCSCC1CN(Cc2c[nH]c3c(N)ncnc23)CC1O. The van der Waals surface area contributed by atoms with E-state index in [1.807, 2.05) is 45.7 Å².